The molecule has 0 heterocycles. The van der Waals surface area contributed by atoms with Gasteiger partial charge < -0.3 is 10.1 Å². The minimum Gasteiger partial charge on any atom is -0.481 e. The highest BCUT2D eigenvalue weighted by molar-refractivity contribution is 6.30. The molecule has 4 heteroatoms. The molecule has 3 nitrogen and oxygen atoms in total. The number of ether oxygens (including phenoxy) is 1. The first-order valence-electron chi connectivity index (χ1n) is 7.83. The maximum atomic E-state index is 12.3. The minimum atomic E-state index is -0.587. The monoisotopic (exact) mass is 331 g/mol. The van der Waals surface area contributed by atoms with Crippen LogP contribution in [0.15, 0.2) is 48.5 Å². The second kappa shape index (κ2) is 8.02. The van der Waals surface area contributed by atoms with E-state index in [-0.39, 0.29) is 5.91 Å². The average Bonchev–Trinajstić information content (AvgIpc) is 2.56. The third-order valence-electron chi connectivity index (χ3n) is 3.85. The minimum absolute atomic E-state index is 0.189. The number of nitrogens with one attached hydrogen (secondary N) is 1. The lowest BCUT2D eigenvalue weighted by molar-refractivity contribution is -0.122. The number of carbonyl (C=O) groups is 1. The van der Waals surface area contributed by atoms with Crippen LogP contribution < -0.4 is 10.1 Å². The summed E-state index contributed by atoms with van der Waals surface area (Å²) in [6, 6.07) is 14.9. The molecule has 2 rings (SSSR count). The van der Waals surface area contributed by atoms with E-state index in [1.165, 1.54) is 0 Å². The first-order valence-corrected chi connectivity index (χ1v) is 8.21. The number of carbonyl (C=O) groups excluding carboxylic acids is 1. The Balaban J connectivity index is 2.05. The second-order valence-corrected chi connectivity index (χ2v) is 6.04. The van der Waals surface area contributed by atoms with Gasteiger partial charge in [0.05, 0.1) is 0 Å². The summed E-state index contributed by atoms with van der Waals surface area (Å²) in [6.45, 7) is 6.04. The van der Waals surface area contributed by atoms with Crippen molar-refractivity contribution < 1.29 is 9.53 Å². The van der Waals surface area contributed by atoms with Crippen LogP contribution in [0.3, 0.4) is 0 Å². The smallest absolute Gasteiger partial charge is 0.265 e. The first-order chi connectivity index (χ1) is 11.0. The van der Waals surface area contributed by atoms with Crippen LogP contribution in [0.1, 0.15) is 38.7 Å². The van der Waals surface area contributed by atoms with Crippen LogP contribution in [0, 0.1) is 0 Å². The molecular formula is C19H22ClNO2. The number of benzene rings is 2. The van der Waals surface area contributed by atoms with Crippen molar-refractivity contribution in [3.63, 3.8) is 0 Å². The Labute approximate surface area is 142 Å². The maximum Gasteiger partial charge on any atom is 0.265 e. The average molecular weight is 332 g/mol. The van der Waals surface area contributed by atoms with Crippen molar-refractivity contribution >= 4 is 23.2 Å². The van der Waals surface area contributed by atoms with E-state index in [0.29, 0.717) is 16.6 Å². The predicted molar refractivity (Wildman–Crippen MR) is 95.3 cm³/mol. The molecule has 1 N–H and O–H groups in total. The van der Waals surface area contributed by atoms with E-state index in [0.717, 1.165) is 17.7 Å². The van der Waals surface area contributed by atoms with Gasteiger partial charge in [0.15, 0.2) is 6.10 Å². The van der Waals surface area contributed by atoms with E-state index in [1.54, 1.807) is 31.2 Å². The first kappa shape index (κ1) is 17.4. The van der Waals surface area contributed by atoms with Gasteiger partial charge in [0, 0.05) is 10.7 Å². The Kier molecular flexibility index (Phi) is 6.05. The zero-order chi connectivity index (χ0) is 16.8. The van der Waals surface area contributed by atoms with E-state index in [9.17, 15) is 4.79 Å². The fourth-order valence-electron chi connectivity index (χ4n) is 2.24. The summed E-state index contributed by atoms with van der Waals surface area (Å²) in [4.78, 5) is 12.3. The summed E-state index contributed by atoms with van der Waals surface area (Å²) in [7, 11) is 0. The number of para-hydroxylation sites is 1. The molecule has 2 atom stereocenters. The highest BCUT2D eigenvalue weighted by atomic mass is 35.5. The lowest BCUT2D eigenvalue weighted by Crippen LogP contribution is -2.30. The van der Waals surface area contributed by atoms with Crippen molar-refractivity contribution in [3.05, 3.63) is 59.1 Å². The summed E-state index contributed by atoms with van der Waals surface area (Å²) < 4.78 is 5.89. The van der Waals surface area contributed by atoms with Crippen LogP contribution in [0.2, 0.25) is 5.02 Å². The summed E-state index contributed by atoms with van der Waals surface area (Å²) in [5.41, 5.74) is 1.83. The molecule has 0 saturated heterocycles. The molecule has 0 saturated carbocycles. The molecule has 2 unspecified atom stereocenters. The SMILES string of the molecule is CCC(C)c1ccccc1OC(C)C(=O)Nc1ccc(Cl)cc1. The molecule has 2 aromatic rings. The number of halogens is 1. The van der Waals surface area contributed by atoms with Gasteiger partial charge in [0.2, 0.25) is 0 Å². The van der Waals surface area contributed by atoms with Crippen molar-refractivity contribution in [2.24, 2.45) is 0 Å². The third kappa shape index (κ3) is 4.73. The van der Waals surface area contributed by atoms with E-state index >= 15 is 0 Å². The zero-order valence-electron chi connectivity index (χ0n) is 13.7. The number of rotatable bonds is 6. The van der Waals surface area contributed by atoms with E-state index < -0.39 is 6.10 Å². The highest BCUT2D eigenvalue weighted by Gasteiger charge is 2.18. The van der Waals surface area contributed by atoms with Gasteiger partial charge in [-0.3, -0.25) is 4.79 Å². The van der Waals surface area contributed by atoms with Crippen LogP contribution in [-0.2, 0) is 4.79 Å². The molecule has 0 aliphatic carbocycles. The van der Waals surface area contributed by atoms with E-state index in [1.807, 2.05) is 24.3 Å². The molecule has 0 bridgehead atoms. The number of amides is 1. The highest BCUT2D eigenvalue weighted by Crippen LogP contribution is 2.29. The molecule has 23 heavy (non-hydrogen) atoms. The van der Waals surface area contributed by atoms with Gasteiger partial charge in [-0.2, -0.15) is 0 Å². The van der Waals surface area contributed by atoms with E-state index in [2.05, 4.69) is 19.2 Å². The Hall–Kier alpha value is -2.00. The zero-order valence-corrected chi connectivity index (χ0v) is 14.4. The number of hydrogen-bond donors (Lipinski definition) is 1. The molecule has 0 aliphatic rings. The summed E-state index contributed by atoms with van der Waals surface area (Å²) in [6.07, 6.45) is 0.432. The number of hydrogen-bond acceptors (Lipinski definition) is 2. The summed E-state index contributed by atoms with van der Waals surface area (Å²) in [5, 5.41) is 3.46. The Morgan fingerprint density at radius 1 is 1.13 bits per heavy atom. The van der Waals surface area contributed by atoms with Crippen molar-refractivity contribution in [3.8, 4) is 5.75 Å². The Morgan fingerprint density at radius 2 is 1.78 bits per heavy atom. The fraction of sp³-hybridized carbons (Fsp3) is 0.316. The Bertz CT molecular complexity index is 655. The van der Waals surface area contributed by atoms with Crippen molar-refractivity contribution in [2.75, 3.05) is 5.32 Å². The predicted octanol–water partition coefficient (Wildman–Crippen LogP) is 5.26. The molecular weight excluding hydrogens is 310 g/mol. The largest absolute Gasteiger partial charge is 0.481 e. The van der Waals surface area contributed by atoms with Crippen LogP contribution in [0.25, 0.3) is 0 Å². The quantitative estimate of drug-likeness (QED) is 0.784. The lowest BCUT2D eigenvalue weighted by atomic mass is 9.98. The van der Waals surface area contributed by atoms with Crippen molar-refractivity contribution in [1.29, 1.82) is 0 Å². The molecule has 1 amide bonds. The van der Waals surface area contributed by atoms with Crippen molar-refractivity contribution in [2.45, 2.75) is 39.2 Å². The van der Waals surface area contributed by atoms with Crippen LogP contribution >= 0.6 is 11.6 Å². The molecule has 122 valence electrons. The molecule has 0 radical (unpaired) electrons. The van der Waals surface area contributed by atoms with Crippen molar-refractivity contribution in [1.82, 2.24) is 0 Å². The van der Waals surface area contributed by atoms with Crippen LogP contribution in [0.5, 0.6) is 5.75 Å². The molecule has 2 aromatic carbocycles. The molecule has 0 aromatic heterocycles. The van der Waals surface area contributed by atoms with Gasteiger partial charge in [0.25, 0.3) is 5.91 Å². The molecule has 0 aliphatic heterocycles. The third-order valence-corrected chi connectivity index (χ3v) is 4.10. The van der Waals surface area contributed by atoms with Gasteiger partial charge in [-0.05, 0) is 55.2 Å². The summed E-state index contributed by atoms with van der Waals surface area (Å²) >= 11 is 5.84. The maximum absolute atomic E-state index is 12.3. The molecule has 0 spiro atoms. The Morgan fingerprint density at radius 3 is 2.43 bits per heavy atom. The van der Waals surface area contributed by atoms with E-state index in [4.69, 9.17) is 16.3 Å². The van der Waals surface area contributed by atoms with Gasteiger partial charge in [-0.1, -0.05) is 43.6 Å². The summed E-state index contributed by atoms with van der Waals surface area (Å²) in [5.74, 6) is 0.963. The van der Waals surface area contributed by atoms with Gasteiger partial charge in [0.1, 0.15) is 5.75 Å². The standard InChI is InChI=1S/C19H22ClNO2/c1-4-13(2)17-7-5-6-8-18(17)23-14(3)19(22)21-16-11-9-15(20)10-12-16/h5-14H,4H2,1-3H3,(H,21,22). The lowest BCUT2D eigenvalue weighted by Gasteiger charge is -2.19. The normalized spacial score (nSPS) is 13.2. The topological polar surface area (TPSA) is 38.3 Å². The fourth-order valence-corrected chi connectivity index (χ4v) is 2.36. The van der Waals surface area contributed by atoms with Gasteiger partial charge in [-0.15, -0.1) is 0 Å². The van der Waals surface area contributed by atoms with Crippen LogP contribution in [-0.4, -0.2) is 12.0 Å². The number of anilines is 1. The molecule has 0 fully saturated rings. The van der Waals surface area contributed by atoms with Crippen LogP contribution in [0.4, 0.5) is 5.69 Å². The van der Waals surface area contributed by atoms with Gasteiger partial charge in [-0.25, -0.2) is 0 Å². The second-order valence-electron chi connectivity index (χ2n) is 5.60. The van der Waals surface area contributed by atoms with Gasteiger partial charge >= 0.3 is 0 Å².